The number of sulfonamides is 1. The third kappa shape index (κ3) is 8.28. The number of rotatable bonds is 12. The molecule has 3 atom stereocenters. The Balaban J connectivity index is 1.24. The van der Waals surface area contributed by atoms with Gasteiger partial charge >= 0.3 is 0 Å². The number of ether oxygens (including phenoxy) is 2. The van der Waals surface area contributed by atoms with Gasteiger partial charge in [-0.1, -0.05) is 115 Å². The van der Waals surface area contributed by atoms with E-state index >= 15 is 0 Å². The second kappa shape index (κ2) is 14.9. The molecule has 1 heterocycles. The summed E-state index contributed by atoms with van der Waals surface area (Å²) in [5.41, 5.74) is 5.56. The van der Waals surface area contributed by atoms with Gasteiger partial charge < -0.3 is 14.6 Å². The van der Waals surface area contributed by atoms with Crippen molar-refractivity contribution in [1.29, 1.82) is 0 Å². The van der Waals surface area contributed by atoms with Crippen molar-refractivity contribution in [3.05, 3.63) is 167 Å². The summed E-state index contributed by atoms with van der Waals surface area (Å²) in [6.07, 6.45) is -0.381. The van der Waals surface area contributed by atoms with Crippen molar-refractivity contribution in [2.24, 2.45) is 0 Å². The maximum atomic E-state index is 12.9. The SMILES string of the molecule is O=S(=O)(Nc1ccc([C@@H]2O[C@H](CN(Cc3ccccc3)Cc3ccccc3)C[C@H](c3ccc(CO)cc3)O2)cc1)c1ccccc1. The van der Waals surface area contributed by atoms with Crippen LogP contribution in [0.3, 0.4) is 0 Å². The molecule has 0 amide bonds. The Morgan fingerprint density at radius 2 is 1.20 bits per heavy atom. The second-order valence-corrected chi connectivity index (χ2v) is 13.2. The largest absolute Gasteiger partial charge is 0.392 e. The van der Waals surface area contributed by atoms with E-state index in [0.29, 0.717) is 18.7 Å². The van der Waals surface area contributed by atoms with E-state index in [2.05, 4.69) is 58.2 Å². The lowest BCUT2D eigenvalue weighted by atomic mass is 9.99. The average Bonchev–Trinajstić information content (AvgIpc) is 3.09. The quantitative estimate of drug-likeness (QED) is 0.151. The number of anilines is 1. The van der Waals surface area contributed by atoms with Crippen molar-refractivity contribution in [1.82, 2.24) is 4.90 Å². The first-order valence-corrected chi connectivity index (χ1v) is 16.9. The van der Waals surface area contributed by atoms with Gasteiger partial charge in [-0.05, 0) is 46.5 Å². The Labute approximate surface area is 271 Å². The lowest BCUT2D eigenvalue weighted by Gasteiger charge is -2.38. The highest BCUT2D eigenvalue weighted by Crippen LogP contribution is 2.38. The molecule has 1 aliphatic heterocycles. The number of aliphatic hydroxyl groups excluding tert-OH is 1. The van der Waals surface area contributed by atoms with Crippen LogP contribution in [0.4, 0.5) is 5.69 Å². The van der Waals surface area contributed by atoms with Gasteiger partial charge in [0, 0.05) is 37.3 Å². The number of nitrogens with one attached hydrogen (secondary N) is 1. The first-order valence-electron chi connectivity index (χ1n) is 15.4. The molecule has 7 nitrogen and oxygen atoms in total. The van der Waals surface area contributed by atoms with Crippen LogP contribution in [0.2, 0.25) is 0 Å². The molecule has 236 valence electrons. The van der Waals surface area contributed by atoms with E-state index in [-0.39, 0.29) is 23.7 Å². The molecule has 8 heteroatoms. The zero-order valence-electron chi connectivity index (χ0n) is 25.5. The zero-order valence-corrected chi connectivity index (χ0v) is 26.3. The molecule has 0 aromatic heterocycles. The van der Waals surface area contributed by atoms with E-state index in [1.807, 2.05) is 48.5 Å². The van der Waals surface area contributed by atoms with Crippen LogP contribution in [0, 0.1) is 0 Å². The smallest absolute Gasteiger partial charge is 0.261 e. The predicted molar refractivity (Wildman–Crippen MR) is 179 cm³/mol. The number of nitrogens with zero attached hydrogens (tertiary/aromatic N) is 1. The molecule has 0 saturated carbocycles. The second-order valence-electron chi connectivity index (χ2n) is 11.5. The fraction of sp³-hybridized carbons (Fsp3) is 0.211. The molecule has 2 N–H and O–H groups in total. The summed E-state index contributed by atoms with van der Waals surface area (Å²) >= 11 is 0. The van der Waals surface area contributed by atoms with E-state index < -0.39 is 16.3 Å². The van der Waals surface area contributed by atoms with Gasteiger partial charge in [-0.2, -0.15) is 0 Å². The van der Waals surface area contributed by atoms with Crippen LogP contribution in [0.15, 0.2) is 144 Å². The predicted octanol–water partition coefficient (Wildman–Crippen LogP) is 7.23. The van der Waals surface area contributed by atoms with Crippen molar-refractivity contribution >= 4 is 15.7 Å². The van der Waals surface area contributed by atoms with E-state index in [0.717, 1.165) is 29.8 Å². The van der Waals surface area contributed by atoms with Crippen molar-refractivity contribution in [2.45, 2.75) is 49.5 Å². The Morgan fingerprint density at radius 3 is 1.76 bits per heavy atom. The summed E-state index contributed by atoms with van der Waals surface area (Å²) < 4.78 is 41.6. The molecule has 1 aliphatic rings. The highest BCUT2D eigenvalue weighted by Gasteiger charge is 2.33. The summed E-state index contributed by atoms with van der Waals surface area (Å²) in [6.45, 7) is 2.21. The Kier molecular flexibility index (Phi) is 10.2. The van der Waals surface area contributed by atoms with Crippen LogP contribution in [-0.2, 0) is 39.2 Å². The summed E-state index contributed by atoms with van der Waals surface area (Å²) in [5.74, 6) is 0. The van der Waals surface area contributed by atoms with E-state index in [1.165, 1.54) is 11.1 Å². The minimum Gasteiger partial charge on any atom is -0.392 e. The summed E-state index contributed by atoms with van der Waals surface area (Å²) in [7, 11) is -3.71. The van der Waals surface area contributed by atoms with Crippen molar-refractivity contribution in [2.75, 3.05) is 11.3 Å². The van der Waals surface area contributed by atoms with Crippen LogP contribution < -0.4 is 4.72 Å². The molecule has 0 bridgehead atoms. The molecule has 5 aromatic carbocycles. The third-order valence-electron chi connectivity index (χ3n) is 8.06. The summed E-state index contributed by atoms with van der Waals surface area (Å²) in [4.78, 5) is 2.61. The normalized spacial score (nSPS) is 18.3. The number of benzene rings is 5. The molecule has 1 fully saturated rings. The first-order chi connectivity index (χ1) is 22.4. The molecule has 5 aromatic rings. The minimum absolute atomic E-state index is 0.0194. The molecule has 0 unspecified atom stereocenters. The fourth-order valence-corrected chi connectivity index (χ4v) is 6.79. The lowest BCUT2D eigenvalue weighted by molar-refractivity contribution is -0.253. The van der Waals surface area contributed by atoms with Crippen LogP contribution in [0.1, 0.15) is 46.6 Å². The first kappa shape index (κ1) is 31.7. The van der Waals surface area contributed by atoms with Gasteiger partial charge in [0.2, 0.25) is 0 Å². The fourth-order valence-electron chi connectivity index (χ4n) is 5.71. The van der Waals surface area contributed by atoms with Crippen molar-refractivity contribution < 1.29 is 23.0 Å². The molecule has 6 rings (SSSR count). The highest BCUT2D eigenvalue weighted by atomic mass is 32.2. The van der Waals surface area contributed by atoms with Gasteiger partial charge in [0.25, 0.3) is 10.0 Å². The number of hydrogen-bond donors (Lipinski definition) is 2. The maximum Gasteiger partial charge on any atom is 0.261 e. The molecule has 1 saturated heterocycles. The lowest BCUT2D eigenvalue weighted by Crippen LogP contribution is -2.39. The van der Waals surface area contributed by atoms with Gasteiger partial charge in [-0.25, -0.2) is 8.42 Å². The maximum absolute atomic E-state index is 12.9. The topological polar surface area (TPSA) is 88.1 Å². The van der Waals surface area contributed by atoms with Crippen LogP contribution in [-0.4, -0.2) is 31.1 Å². The third-order valence-corrected chi connectivity index (χ3v) is 9.46. The van der Waals surface area contributed by atoms with Gasteiger partial charge in [-0.15, -0.1) is 0 Å². The van der Waals surface area contributed by atoms with Crippen LogP contribution in [0.25, 0.3) is 0 Å². The molecular weight excluding hydrogens is 596 g/mol. The molecule has 0 spiro atoms. The zero-order chi connectivity index (χ0) is 31.8. The van der Waals surface area contributed by atoms with E-state index in [4.69, 9.17) is 9.47 Å². The van der Waals surface area contributed by atoms with Gasteiger partial charge in [0.1, 0.15) is 0 Å². The van der Waals surface area contributed by atoms with Gasteiger partial charge in [-0.3, -0.25) is 9.62 Å². The molecular formula is C38H38N2O5S. The standard InChI is InChI=1S/C38H38N2O5S/c41-28-31-16-18-32(19-17-31)37-24-35(27-40(25-29-10-4-1-5-11-29)26-30-12-6-2-7-13-30)44-38(45-37)33-20-22-34(23-21-33)39-46(42,43)36-14-8-3-9-15-36/h1-23,35,37-39,41H,24-28H2/t35-,37+,38+/m0/s1. The number of hydrogen-bond acceptors (Lipinski definition) is 6. The Morgan fingerprint density at radius 1 is 0.652 bits per heavy atom. The van der Waals surface area contributed by atoms with E-state index in [9.17, 15) is 13.5 Å². The minimum atomic E-state index is -3.71. The molecule has 0 aliphatic carbocycles. The number of aliphatic hydroxyl groups is 1. The van der Waals surface area contributed by atoms with Gasteiger partial charge in [0.05, 0.1) is 23.7 Å². The van der Waals surface area contributed by atoms with Crippen LogP contribution >= 0.6 is 0 Å². The summed E-state index contributed by atoms with van der Waals surface area (Å²) in [6, 6.07) is 44.2. The molecule has 46 heavy (non-hydrogen) atoms. The summed E-state index contributed by atoms with van der Waals surface area (Å²) in [5, 5.41) is 9.57. The highest BCUT2D eigenvalue weighted by molar-refractivity contribution is 7.92. The Bertz CT molecular complexity index is 1730. The Hall–Kier alpha value is -4.31. The van der Waals surface area contributed by atoms with Crippen molar-refractivity contribution in [3.8, 4) is 0 Å². The average molecular weight is 635 g/mol. The van der Waals surface area contributed by atoms with Gasteiger partial charge in [0.15, 0.2) is 6.29 Å². The van der Waals surface area contributed by atoms with E-state index in [1.54, 1.807) is 42.5 Å². The molecule has 0 radical (unpaired) electrons. The van der Waals surface area contributed by atoms with Crippen molar-refractivity contribution in [3.63, 3.8) is 0 Å². The monoisotopic (exact) mass is 634 g/mol. The van der Waals surface area contributed by atoms with Crippen LogP contribution in [0.5, 0.6) is 0 Å².